The van der Waals surface area contributed by atoms with E-state index in [2.05, 4.69) is 17.0 Å². The first kappa shape index (κ1) is 10.9. The smallest absolute Gasteiger partial charge is 0.0637 e. The number of hydrogen-bond donors (Lipinski definition) is 2. The zero-order valence-corrected chi connectivity index (χ0v) is 8.53. The number of nitrogens with two attached hydrogens (primary N) is 1. The van der Waals surface area contributed by atoms with Gasteiger partial charge in [-0.25, -0.2) is 0 Å². The number of hydrazine groups is 1. The number of nitrogens with one attached hydrogen (secondary N) is 1. The summed E-state index contributed by atoms with van der Waals surface area (Å²) < 4.78 is 0. The Hall–Kier alpha value is -1.19. The molecule has 0 aromatic carbocycles. The van der Waals surface area contributed by atoms with Crippen LogP contribution >= 0.6 is 0 Å². The Morgan fingerprint density at radius 3 is 3.07 bits per heavy atom. The molecule has 1 atom stereocenters. The monoisotopic (exact) mass is 191 g/mol. The lowest BCUT2D eigenvalue weighted by molar-refractivity contribution is 0.506. The van der Waals surface area contributed by atoms with Gasteiger partial charge in [-0.2, -0.15) is 0 Å². The van der Waals surface area contributed by atoms with Crippen LogP contribution in [0.2, 0.25) is 0 Å². The summed E-state index contributed by atoms with van der Waals surface area (Å²) in [4.78, 5) is 4.33. The van der Waals surface area contributed by atoms with E-state index in [1.165, 1.54) is 5.56 Å². The lowest BCUT2D eigenvalue weighted by Gasteiger charge is -2.16. The van der Waals surface area contributed by atoms with Gasteiger partial charge in [0.05, 0.1) is 11.7 Å². The number of allylic oxidation sites excluding steroid dienone is 1. The van der Waals surface area contributed by atoms with Crippen molar-refractivity contribution in [2.75, 3.05) is 0 Å². The SMILES string of the molecule is C=CCCC(NN)c1ncccc1C. The zero-order valence-electron chi connectivity index (χ0n) is 8.53. The van der Waals surface area contributed by atoms with Crippen molar-refractivity contribution in [3.63, 3.8) is 0 Å². The van der Waals surface area contributed by atoms with Gasteiger partial charge in [-0.1, -0.05) is 12.1 Å². The maximum atomic E-state index is 5.49. The second-order valence-corrected chi connectivity index (χ2v) is 3.29. The Labute approximate surface area is 85.0 Å². The molecule has 0 aliphatic rings. The molecule has 3 nitrogen and oxygen atoms in total. The topological polar surface area (TPSA) is 50.9 Å². The van der Waals surface area contributed by atoms with Crippen LogP contribution in [0.5, 0.6) is 0 Å². The fourth-order valence-corrected chi connectivity index (χ4v) is 1.45. The third-order valence-corrected chi connectivity index (χ3v) is 2.24. The summed E-state index contributed by atoms with van der Waals surface area (Å²) in [7, 11) is 0. The summed E-state index contributed by atoms with van der Waals surface area (Å²) in [6.45, 7) is 5.74. The lowest BCUT2D eigenvalue weighted by atomic mass is 10.0. The van der Waals surface area contributed by atoms with Crippen molar-refractivity contribution in [3.05, 3.63) is 42.2 Å². The van der Waals surface area contributed by atoms with Gasteiger partial charge in [0.15, 0.2) is 0 Å². The second kappa shape index (κ2) is 5.52. The Bertz CT molecular complexity index is 296. The molecule has 14 heavy (non-hydrogen) atoms. The highest BCUT2D eigenvalue weighted by Gasteiger charge is 2.11. The van der Waals surface area contributed by atoms with Crippen LogP contribution in [0.1, 0.15) is 30.1 Å². The van der Waals surface area contributed by atoms with Crippen LogP contribution in [0.15, 0.2) is 31.0 Å². The first-order valence-corrected chi connectivity index (χ1v) is 4.78. The van der Waals surface area contributed by atoms with Gasteiger partial charge in [0.25, 0.3) is 0 Å². The molecule has 0 saturated carbocycles. The van der Waals surface area contributed by atoms with Crippen LogP contribution in [-0.4, -0.2) is 4.98 Å². The van der Waals surface area contributed by atoms with Gasteiger partial charge in [-0.15, -0.1) is 6.58 Å². The van der Waals surface area contributed by atoms with Crippen molar-refractivity contribution in [1.82, 2.24) is 10.4 Å². The van der Waals surface area contributed by atoms with Gasteiger partial charge in [0.2, 0.25) is 0 Å². The molecule has 1 heterocycles. The molecule has 1 rings (SSSR count). The molecule has 0 spiro atoms. The van der Waals surface area contributed by atoms with Crippen molar-refractivity contribution in [2.45, 2.75) is 25.8 Å². The molecule has 3 N–H and O–H groups in total. The van der Waals surface area contributed by atoms with Gasteiger partial charge >= 0.3 is 0 Å². The maximum absolute atomic E-state index is 5.49. The summed E-state index contributed by atoms with van der Waals surface area (Å²) in [6, 6.07) is 4.09. The number of nitrogens with zero attached hydrogens (tertiary/aromatic N) is 1. The van der Waals surface area contributed by atoms with Gasteiger partial charge in [0, 0.05) is 6.20 Å². The molecule has 1 aromatic heterocycles. The van der Waals surface area contributed by atoms with Gasteiger partial charge < -0.3 is 0 Å². The highest BCUT2D eigenvalue weighted by Crippen LogP contribution is 2.18. The van der Waals surface area contributed by atoms with E-state index in [1.54, 1.807) is 6.20 Å². The fraction of sp³-hybridized carbons (Fsp3) is 0.364. The number of rotatable bonds is 5. The van der Waals surface area contributed by atoms with Crippen LogP contribution in [-0.2, 0) is 0 Å². The molecule has 0 saturated heterocycles. The van der Waals surface area contributed by atoms with E-state index in [-0.39, 0.29) is 6.04 Å². The molecule has 3 heteroatoms. The standard InChI is InChI=1S/C11H17N3/c1-3-4-7-10(14-12)11-9(2)6-5-8-13-11/h3,5-6,8,10,14H,1,4,7,12H2,2H3. The van der Waals surface area contributed by atoms with E-state index in [1.807, 2.05) is 25.1 Å². The molecule has 0 amide bonds. The number of aromatic nitrogens is 1. The molecule has 76 valence electrons. The van der Waals surface area contributed by atoms with Gasteiger partial charge in [-0.3, -0.25) is 16.3 Å². The first-order chi connectivity index (χ1) is 6.79. The minimum Gasteiger partial charge on any atom is -0.271 e. The van der Waals surface area contributed by atoms with E-state index in [9.17, 15) is 0 Å². The summed E-state index contributed by atoms with van der Waals surface area (Å²) in [5, 5.41) is 0. The minimum atomic E-state index is 0.120. The molecule has 0 aliphatic heterocycles. The summed E-state index contributed by atoms with van der Waals surface area (Å²) in [5.41, 5.74) is 4.97. The summed E-state index contributed by atoms with van der Waals surface area (Å²) in [6.07, 6.45) is 5.55. The molecule has 0 aliphatic carbocycles. The lowest BCUT2D eigenvalue weighted by Crippen LogP contribution is -2.29. The van der Waals surface area contributed by atoms with Crippen LogP contribution in [0.4, 0.5) is 0 Å². The third-order valence-electron chi connectivity index (χ3n) is 2.24. The number of pyridine rings is 1. The number of aryl methyl sites for hydroxylation is 1. The average Bonchev–Trinajstić information content (AvgIpc) is 2.21. The molecular weight excluding hydrogens is 174 g/mol. The van der Waals surface area contributed by atoms with E-state index < -0.39 is 0 Å². The van der Waals surface area contributed by atoms with Crippen molar-refractivity contribution in [1.29, 1.82) is 0 Å². The second-order valence-electron chi connectivity index (χ2n) is 3.29. The molecule has 0 bridgehead atoms. The summed E-state index contributed by atoms with van der Waals surface area (Å²) in [5.74, 6) is 5.49. The largest absolute Gasteiger partial charge is 0.271 e. The van der Waals surface area contributed by atoms with Crippen LogP contribution < -0.4 is 11.3 Å². The summed E-state index contributed by atoms with van der Waals surface area (Å²) >= 11 is 0. The zero-order chi connectivity index (χ0) is 10.4. The Morgan fingerprint density at radius 1 is 1.71 bits per heavy atom. The highest BCUT2D eigenvalue weighted by molar-refractivity contribution is 5.20. The van der Waals surface area contributed by atoms with E-state index in [4.69, 9.17) is 5.84 Å². The van der Waals surface area contributed by atoms with E-state index >= 15 is 0 Å². The van der Waals surface area contributed by atoms with Gasteiger partial charge in [0.1, 0.15) is 0 Å². The Kier molecular flexibility index (Phi) is 4.29. The fourth-order valence-electron chi connectivity index (χ4n) is 1.45. The number of hydrogen-bond acceptors (Lipinski definition) is 3. The Morgan fingerprint density at radius 2 is 2.50 bits per heavy atom. The van der Waals surface area contributed by atoms with Crippen LogP contribution in [0.3, 0.4) is 0 Å². The van der Waals surface area contributed by atoms with Crippen LogP contribution in [0, 0.1) is 6.92 Å². The maximum Gasteiger partial charge on any atom is 0.0637 e. The normalized spacial score (nSPS) is 12.4. The van der Waals surface area contributed by atoms with Crippen molar-refractivity contribution in [3.8, 4) is 0 Å². The quantitative estimate of drug-likeness (QED) is 0.424. The van der Waals surface area contributed by atoms with E-state index in [0.29, 0.717) is 0 Å². The van der Waals surface area contributed by atoms with Crippen LogP contribution in [0.25, 0.3) is 0 Å². The average molecular weight is 191 g/mol. The Balaban J connectivity index is 2.78. The molecular formula is C11H17N3. The van der Waals surface area contributed by atoms with E-state index in [0.717, 1.165) is 18.5 Å². The molecule has 0 radical (unpaired) electrons. The molecule has 1 aromatic rings. The molecule has 0 fully saturated rings. The van der Waals surface area contributed by atoms with Crippen molar-refractivity contribution >= 4 is 0 Å². The predicted octanol–water partition coefficient (Wildman–Crippen LogP) is 1.86. The van der Waals surface area contributed by atoms with Crippen molar-refractivity contribution < 1.29 is 0 Å². The molecule has 1 unspecified atom stereocenters. The third kappa shape index (κ3) is 2.65. The predicted molar refractivity (Wildman–Crippen MR) is 58.5 cm³/mol. The van der Waals surface area contributed by atoms with Crippen molar-refractivity contribution in [2.24, 2.45) is 5.84 Å². The minimum absolute atomic E-state index is 0.120. The first-order valence-electron chi connectivity index (χ1n) is 4.78. The van der Waals surface area contributed by atoms with Gasteiger partial charge in [-0.05, 0) is 31.4 Å². The highest BCUT2D eigenvalue weighted by atomic mass is 15.2.